The Bertz CT molecular complexity index is 144. The van der Waals surface area contributed by atoms with Crippen molar-refractivity contribution in [3.05, 3.63) is 0 Å². The molecule has 0 aromatic carbocycles. The lowest BCUT2D eigenvalue weighted by Gasteiger charge is -2.41. The zero-order chi connectivity index (χ0) is 10.4. The average molecular weight is 197 g/mol. The van der Waals surface area contributed by atoms with E-state index >= 15 is 0 Å². The summed E-state index contributed by atoms with van der Waals surface area (Å²) in [5, 5.41) is 0. The van der Waals surface area contributed by atoms with Crippen LogP contribution in [-0.4, -0.2) is 6.54 Å². The molecule has 1 aliphatic rings. The van der Waals surface area contributed by atoms with Gasteiger partial charge in [-0.2, -0.15) is 0 Å². The largest absolute Gasteiger partial charge is 0.330 e. The summed E-state index contributed by atoms with van der Waals surface area (Å²) in [6.45, 7) is 5.69. The second kappa shape index (κ2) is 6.44. The van der Waals surface area contributed by atoms with Crippen LogP contribution < -0.4 is 5.73 Å². The normalized spacial score (nSPS) is 31.5. The third-order valence-electron chi connectivity index (χ3n) is 4.09. The fourth-order valence-electron chi connectivity index (χ4n) is 2.64. The monoisotopic (exact) mass is 197 g/mol. The van der Waals surface area contributed by atoms with Gasteiger partial charge in [0.1, 0.15) is 0 Å². The van der Waals surface area contributed by atoms with Crippen LogP contribution in [0, 0.1) is 17.8 Å². The fraction of sp³-hybridized carbons (Fsp3) is 1.00. The van der Waals surface area contributed by atoms with Gasteiger partial charge in [-0.1, -0.05) is 46.0 Å². The van der Waals surface area contributed by atoms with Gasteiger partial charge in [-0.25, -0.2) is 0 Å². The number of rotatable bonds is 7. The van der Waals surface area contributed by atoms with E-state index in [1.165, 1.54) is 44.9 Å². The lowest BCUT2D eigenvalue weighted by atomic mass is 9.65. The van der Waals surface area contributed by atoms with Crippen LogP contribution in [0.1, 0.15) is 58.8 Å². The average Bonchev–Trinajstić information content (AvgIpc) is 2.21. The van der Waals surface area contributed by atoms with Crippen LogP contribution >= 0.6 is 0 Å². The molecule has 0 aromatic heterocycles. The van der Waals surface area contributed by atoms with E-state index in [1.54, 1.807) is 0 Å². The maximum absolute atomic E-state index is 5.46. The van der Waals surface area contributed by atoms with E-state index in [0.717, 1.165) is 24.3 Å². The van der Waals surface area contributed by atoms with Crippen LogP contribution in [0.15, 0.2) is 0 Å². The van der Waals surface area contributed by atoms with Gasteiger partial charge in [0.15, 0.2) is 0 Å². The summed E-state index contributed by atoms with van der Waals surface area (Å²) < 4.78 is 0. The van der Waals surface area contributed by atoms with Gasteiger partial charge >= 0.3 is 0 Å². The van der Waals surface area contributed by atoms with Crippen molar-refractivity contribution < 1.29 is 0 Å². The Balaban J connectivity index is 1.85. The molecule has 1 saturated carbocycles. The highest BCUT2D eigenvalue weighted by Crippen LogP contribution is 2.42. The van der Waals surface area contributed by atoms with Crippen molar-refractivity contribution in [3.63, 3.8) is 0 Å². The zero-order valence-electron chi connectivity index (χ0n) is 9.97. The van der Waals surface area contributed by atoms with Crippen molar-refractivity contribution in [1.82, 2.24) is 0 Å². The minimum Gasteiger partial charge on any atom is -0.330 e. The predicted octanol–water partition coefficient (Wildman–Crippen LogP) is 3.58. The SMILES string of the molecule is CC1CC(CCCCCCCN)C1C. The molecule has 2 N–H and O–H groups in total. The first kappa shape index (κ1) is 12.0. The first-order valence-corrected chi connectivity index (χ1v) is 6.45. The summed E-state index contributed by atoms with van der Waals surface area (Å²) in [6.07, 6.45) is 9.81. The van der Waals surface area contributed by atoms with Gasteiger partial charge in [0, 0.05) is 0 Å². The van der Waals surface area contributed by atoms with Crippen molar-refractivity contribution >= 4 is 0 Å². The van der Waals surface area contributed by atoms with Gasteiger partial charge in [0.25, 0.3) is 0 Å². The van der Waals surface area contributed by atoms with Crippen molar-refractivity contribution in [3.8, 4) is 0 Å². The quantitative estimate of drug-likeness (QED) is 0.620. The fourth-order valence-corrected chi connectivity index (χ4v) is 2.64. The molecule has 1 aliphatic carbocycles. The van der Waals surface area contributed by atoms with Crippen LogP contribution in [0.2, 0.25) is 0 Å². The number of unbranched alkanes of at least 4 members (excludes halogenated alkanes) is 4. The van der Waals surface area contributed by atoms with Gasteiger partial charge in [0.05, 0.1) is 0 Å². The van der Waals surface area contributed by atoms with Crippen molar-refractivity contribution in [1.29, 1.82) is 0 Å². The zero-order valence-corrected chi connectivity index (χ0v) is 9.97. The molecule has 0 saturated heterocycles. The van der Waals surface area contributed by atoms with Gasteiger partial charge in [-0.3, -0.25) is 0 Å². The molecular formula is C13H27N. The predicted molar refractivity (Wildman–Crippen MR) is 63.2 cm³/mol. The van der Waals surface area contributed by atoms with E-state index in [0.29, 0.717) is 0 Å². The highest BCUT2D eigenvalue weighted by atomic mass is 14.5. The lowest BCUT2D eigenvalue weighted by Crippen LogP contribution is -2.32. The van der Waals surface area contributed by atoms with Gasteiger partial charge in [0.2, 0.25) is 0 Å². The molecule has 3 atom stereocenters. The maximum atomic E-state index is 5.46. The molecule has 3 unspecified atom stereocenters. The number of nitrogens with two attached hydrogens (primary N) is 1. The molecule has 1 nitrogen and oxygen atoms in total. The van der Waals surface area contributed by atoms with E-state index < -0.39 is 0 Å². The van der Waals surface area contributed by atoms with Gasteiger partial charge < -0.3 is 5.73 Å². The van der Waals surface area contributed by atoms with Crippen LogP contribution in [0.25, 0.3) is 0 Å². The minimum absolute atomic E-state index is 0.872. The van der Waals surface area contributed by atoms with Crippen LogP contribution in [0.5, 0.6) is 0 Å². The summed E-state index contributed by atoms with van der Waals surface area (Å²) in [6, 6.07) is 0. The first-order chi connectivity index (χ1) is 6.75. The van der Waals surface area contributed by atoms with Crippen molar-refractivity contribution in [2.45, 2.75) is 58.8 Å². The standard InChI is InChI=1S/C13H27N/c1-11-10-13(12(11)2)8-6-4-3-5-7-9-14/h11-13H,3-10,14H2,1-2H3. The maximum Gasteiger partial charge on any atom is -0.00773 e. The Morgan fingerprint density at radius 3 is 2.21 bits per heavy atom. The topological polar surface area (TPSA) is 26.0 Å². The highest BCUT2D eigenvalue weighted by Gasteiger charge is 2.33. The molecule has 0 amide bonds. The molecule has 14 heavy (non-hydrogen) atoms. The molecule has 1 fully saturated rings. The lowest BCUT2D eigenvalue weighted by molar-refractivity contribution is 0.0924. The second-order valence-corrected chi connectivity index (χ2v) is 5.18. The highest BCUT2D eigenvalue weighted by molar-refractivity contribution is 4.83. The third kappa shape index (κ3) is 3.61. The summed E-state index contributed by atoms with van der Waals surface area (Å²) in [5.74, 6) is 3.05. The second-order valence-electron chi connectivity index (χ2n) is 5.18. The summed E-state index contributed by atoms with van der Waals surface area (Å²) in [7, 11) is 0. The number of hydrogen-bond acceptors (Lipinski definition) is 1. The summed E-state index contributed by atoms with van der Waals surface area (Å²) in [4.78, 5) is 0. The molecule has 0 aromatic rings. The Kier molecular flexibility index (Phi) is 5.54. The van der Waals surface area contributed by atoms with Crippen molar-refractivity contribution in [2.75, 3.05) is 6.54 Å². The molecule has 1 rings (SSSR count). The minimum atomic E-state index is 0.872. The van der Waals surface area contributed by atoms with Crippen molar-refractivity contribution in [2.24, 2.45) is 23.5 Å². The van der Waals surface area contributed by atoms with E-state index in [9.17, 15) is 0 Å². The molecule has 1 heteroatoms. The Labute approximate surface area is 89.5 Å². The Hall–Kier alpha value is -0.0400. The number of hydrogen-bond donors (Lipinski definition) is 1. The van der Waals surface area contributed by atoms with E-state index in [4.69, 9.17) is 5.73 Å². The molecule has 84 valence electrons. The van der Waals surface area contributed by atoms with Gasteiger partial charge in [-0.15, -0.1) is 0 Å². The van der Waals surface area contributed by atoms with E-state index in [2.05, 4.69) is 13.8 Å². The molecule has 0 aliphatic heterocycles. The molecule has 0 radical (unpaired) electrons. The van der Waals surface area contributed by atoms with Crippen LogP contribution in [-0.2, 0) is 0 Å². The molecular weight excluding hydrogens is 170 g/mol. The van der Waals surface area contributed by atoms with Gasteiger partial charge in [-0.05, 0) is 37.1 Å². The first-order valence-electron chi connectivity index (χ1n) is 6.45. The molecule has 0 spiro atoms. The van der Waals surface area contributed by atoms with E-state index in [1.807, 2.05) is 0 Å². The Morgan fingerprint density at radius 1 is 1.00 bits per heavy atom. The Morgan fingerprint density at radius 2 is 1.64 bits per heavy atom. The third-order valence-corrected chi connectivity index (χ3v) is 4.09. The van der Waals surface area contributed by atoms with Crippen LogP contribution in [0.3, 0.4) is 0 Å². The molecule has 0 bridgehead atoms. The smallest absolute Gasteiger partial charge is 0.00773 e. The van der Waals surface area contributed by atoms with E-state index in [-0.39, 0.29) is 0 Å². The summed E-state index contributed by atoms with van der Waals surface area (Å²) >= 11 is 0. The summed E-state index contributed by atoms with van der Waals surface area (Å²) in [5.41, 5.74) is 5.46. The van der Waals surface area contributed by atoms with Crippen LogP contribution in [0.4, 0.5) is 0 Å². The molecule has 0 heterocycles.